The lowest BCUT2D eigenvalue weighted by molar-refractivity contribution is -0.870. The Hall–Kier alpha value is -0.500. The summed E-state index contributed by atoms with van der Waals surface area (Å²) in [6, 6.07) is -0.789. The Morgan fingerprint density at radius 3 is 1.55 bits per heavy atom. The van der Waals surface area contributed by atoms with Crippen LogP contribution in [0.15, 0.2) is 0 Å². The molecule has 0 aliphatic heterocycles. The molecule has 0 aromatic heterocycles. The maximum Gasteiger partial charge on any atom is 0.268 e. The van der Waals surface area contributed by atoms with E-state index in [1.807, 2.05) is 21.1 Å². The Kier molecular flexibility index (Phi) is 28.4. The first-order valence-electron chi connectivity index (χ1n) is 18.4. The first kappa shape index (κ1) is 43.5. The lowest BCUT2D eigenvalue weighted by atomic mass is 10.0. The second-order valence-electron chi connectivity index (χ2n) is 13.9. The van der Waals surface area contributed by atoms with E-state index < -0.39 is 20.0 Å². The molecule has 3 atom stereocenters. The summed E-state index contributed by atoms with van der Waals surface area (Å²) in [5.74, 6) is -0.169. The van der Waals surface area contributed by atoms with Gasteiger partial charge in [0.25, 0.3) is 7.82 Å². The van der Waals surface area contributed by atoms with Crippen LogP contribution >= 0.6 is 7.82 Å². The van der Waals surface area contributed by atoms with Gasteiger partial charge in [0, 0.05) is 6.42 Å². The molecule has 44 heavy (non-hydrogen) atoms. The fourth-order valence-electron chi connectivity index (χ4n) is 5.33. The van der Waals surface area contributed by atoms with Crippen molar-refractivity contribution >= 4 is 13.7 Å². The average molecular weight is 649 g/mol. The van der Waals surface area contributed by atoms with Gasteiger partial charge in [0.15, 0.2) is 0 Å². The summed E-state index contributed by atoms with van der Waals surface area (Å²) in [5, 5.41) is 13.8. The van der Waals surface area contributed by atoms with E-state index in [4.69, 9.17) is 9.05 Å². The molecule has 9 heteroatoms. The number of likely N-dealkylation sites (N-methyl/N-ethyl adjacent to an activating group) is 1. The molecule has 0 aromatic rings. The van der Waals surface area contributed by atoms with Gasteiger partial charge in [-0.3, -0.25) is 9.36 Å². The molecule has 1 unspecified atom stereocenters. The van der Waals surface area contributed by atoms with Crippen molar-refractivity contribution in [1.29, 1.82) is 0 Å². The highest BCUT2D eigenvalue weighted by atomic mass is 31.2. The summed E-state index contributed by atoms with van der Waals surface area (Å²) >= 11 is 0. The molecule has 0 fully saturated rings. The Morgan fingerprint density at radius 1 is 0.705 bits per heavy atom. The molecule has 0 heterocycles. The zero-order chi connectivity index (χ0) is 32.9. The number of aliphatic hydroxyl groups excluding tert-OH is 1. The molecule has 0 rings (SSSR count). The van der Waals surface area contributed by atoms with Crippen LogP contribution in [0.5, 0.6) is 0 Å². The Morgan fingerprint density at radius 2 is 1.11 bits per heavy atom. The summed E-state index contributed by atoms with van der Waals surface area (Å²) in [6.07, 6.45) is 26.7. The molecule has 0 aliphatic rings. The number of aliphatic hydroxyl groups is 1. The van der Waals surface area contributed by atoms with E-state index in [-0.39, 0.29) is 19.1 Å². The molecule has 0 aliphatic carbocycles. The lowest BCUT2D eigenvalue weighted by Crippen LogP contribution is -2.46. The molecule has 0 saturated heterocycles. The minimum absolute atomic E-state index is 0.0153. The number of quaternary nitrogens is 1. The number of hydrogen-bond acceptors (Lipinski definition) is 6. The van der Waals surface area contributed by atoms with Crippen molar-refractivity contribution < 1.29 is 32.9 Å². The lowest BCUT2D eigenvalue weighted by Gasteiger charge is -2.30. The van der Waals surface area contributed by atoms with E-state index in [2.05, 4.69) is 19.2 Å². The molecule has 0 bridgehead atoms. The molecule has 0 spiro atoms. The van der Waals surface area contributed by atoms with Gasteiger partial charge in [0.1, 0.15) is 13.2 Å². The van der Waals surface area contributed by atoms with Crippen LogP contribution < -0.4 is 10.2 Å². The van der Waals surface area contributed by atoms with Crippen molar-refractivity contribution in [3.05, 3.63) is 0 Å². The quantitative estimate of drug-likeness (QED) is 0.0420. The predicted molar refractivity (Wildman–Crippen MR) is 183 cm³/mol. The second-order valence-corrected chi connectivity index (χ2v) is 15.4. The second kappa shape index (κ2) is 28.7. The maximum atomic E-state index is 12.7. The van der Waals surface area contributed by atoms with Gasteiger partial charge in [-0.25, -0.2) is 0 Å². The number of nitrogens with zero attached hydrogens (tertiary/aromatic N) is 1. The third-order valence-electron chi connectivity index (χ3n) is 8.35. The number of hydrogen-bond donors (Lipinski definition) is 2. The summed E-state index contributed by atoms with van der Waals surface area (Å²) in [6.45, 7) is 4.68. The van der Waals surface area contributed by atoms with Gasteiger partial charge in [0.05, 0.1) is 39.9 Å². The molecule has 0 saturated carbocycles. The average Bonchev–Trinajstić information content (AvgIpc) is 2.95. The van der Waals surface area contributed by atoms with Crippen molar-refractivity contribution in [1.82, 2.24) is 5.32 Å². The highest BCUT2D eigenvalue weighted by Gasteiger charge is 2.24. The standard InChI is InChI=1S/C35H73N2O6P/c1-6-8-10-12-14-16-17-18-19-21-22-24-26-28-34(38)33(32-43-44(40,41)42-31-30-37(3,4)5)36-35(39)29-27-25-23-20-15-13-11-9-7-2/h33-34,38H,6-32H2,1-5H3,(H-,36,39,40,41)/t33-,34+/m0/s1. The molecule has 1 amide bonds. The smallest absolute Gasteiger partial charge is 0.268 e. The van der Waals surface area contributed by atoms with Crippen LogP contribution in [0.1, 0.15) is 168 Å². The molecule has 2 N–H and O–H groups in total. The third-order valence-corrected chi connectivity index (χ3v) is 9.31. The summed E-state index contributed by atoms with van der Waals surface area (Å²) in [5.41, 5.74) is 0. The van der Waals surface area contributed by atoms with Gasteiger partial charge in [-0.2, -0.15) is 0 Å². The van der Waals surface area contributed by atoms with E-state index in [1.165, 1.54) is 103 Å². The van der Waals surface area contributed by atoms with Crippen LogP contribution in [-0.4, -0.2) is 68.5 Å². The first-order valence-corrected chi connectivity index (χ1v) is 19.8. The SMILES string of the molecule is CCCCCCCCCCCCCCC[C@@H](O)[C@H](COP(=O)([O-])OCC[N+](C)(C)C)NC(=O)CCCCCCCCCCC. The Balaban J connectivity index is 4.47. The minimum atomic E-state index is -4.54. The number of amides is 1. The largest absolute Gasteiger partial charge is 0.756 e. The van der Waals surface area contributed by atoms with Crippen molar-refractivity contribution in [2.45, 2.75) is 180 Å². The molecule has 264 valence electrons. The zero-order valence-corrected chi connectivity index (χ0v) is 30.5. The Labute approximate surface area is 272 Å². The summed E-state index contributed by atoms with van der Waals surface area (Å²) < 4.78 is 23.1. The van der Waals surface area contributed by atoms with Crippen LogP contribution in [0, 0.1) is 0 Å². The third kappa shape index (κ3) is 30.2. The van der Waals surface area contributed by atoms with Gasteiger partial charge in [-0.05, 0) is 12.8 Å². The van der Waals surface area contributed by atoms with E-state index in [0.29, 0.717) is 23.9 Å². The normalized spacial score (nSPS) is 14.8. The number of carbonyl (C=O) groups is 1. The minimum Gasteiger partial charge on any atom is -0.756 e. The highest BCUT2D eigenvalue weighted by Crippen LogP contribution is 2.38. The van der Waals surface area contributed by atoms with E-state index in [9.17, 15) is 19.4 Å². The van der Waals surface area contributed by atoms with Crippen molar-refractivity contribution in [3.63, 3.8) is 0 Å². The number of nitrogens with one attached hydrogen (secondary N) is 1. The van der Waals surface area contributed by atoms with Crippen LogP contribution in [0.25, 0.3) is 0 Å². The van der Waals surface area contributed by atoms with Crippen LogP contribution in [-0.2, 0) is 18.4 Å². The topological polar surface area (TPSA) is 108 Å². The number of unbranched alkanes of at least 4 members (excludes halogenated alkanes) is 20. The van der Waals surface area contributed by atoms with Crippen molar-refractivity contribution in [2.24, 2.45) is 0 Å². The van der Waals surface area contributed by atoms with Crippen LogP contribution in [0.3, 0.4) is 0 Å². The highest BCUT2D eigenvalue weighted by molar-refractivity contribution is 7.45. The first-order chi connectivity index (χ1) is 21.0. The molecule has 0 aromatic carbocycles. The summed E-state index contributed by atoms with van der Waals surface area (Å²) in [7, 11) is 1.31. The maximum absolute atomic E-state index is 12.7. The number of phosphoric ester groups is 1. The van der Waals surface area contributed by atoms with Gasteiger partial charge in [0.2, 0.25) is 5.91 Å². The van der Waals surface area contributed by atoms with E-state index >= 15 is 0 Å². The van der Waals surface area contributed by atoms with Crippen molar-refractivity contribution in [3.8, 4) is 0 Å². The number of phosphoric acid groups is 1. The van der Waals surface area contributed by atoms with Gasteiger partial charge in [-0.15, -0.1) is 0 Å². The van der Waals surface area contributed by atoms with Crippen molar-refractivity contribution in [2.75, 3.05) is 40.9 Å². The summed E-state index contributed by atoms with van der Waals surface area (Å²) in [4.78, 5) is 25.1. The van der Waals surface area contributed by atoms with E-state index in [1.54, 1.807) is 0 Å². The molecule has 0 radical (unpaired) electrons. The Bertz CT molecular complexity index is 703. The van der Waals surface area contributed by atoms with E-state index in [0.717, 1.165) is 38.5 Å². The predicted octanol–water partition coefficient (Wildman–Crippen LogP) is 8.44. The fourth-order valence-corrected chi connectivity index (χ4v) is 6.05. The molecule has 8 nitrogen and oxygen atoms in total. The number of rotatable bonds is 33. The van der Waals surface area contributed by atoms with Crippen LogP contribution in [0.2, 0.25) is 0 Å². The van der Waals surface area contributed by atoms with Gasteiger partial charge in [-0.1, -0.05) is 149 Å². The van der Waals surface area contributed by atoms with Gasteiger partial charge >= 0.3 is 0 Å². The van der Waals surface area contributed by atoms with Crippen LogP contribution in [0.4, 0.5) is 0 Å². The number of carbonyl (C=O) groups excluding carboxylic acids is 1. The fraction of sp³-hybridized carbons (Fsp3) is 0.971. The zero-order valence-electron chi connectivity index (χ0n) is 29.6. The van der Waals surface area contributed by atoms with Gasteiger partial charge < -0.3 is 28.8 Å². The monoisotopic (exact) mass is 649 g/mol. The molecular formula is C35H73N2O6P. The molecular weight excluding hydrogens is 575 g/mol.